The number of fused-ring (bicyclic) bond motifs is 4. The van der Waals surface area contributed by atoms with E-state index in [0.717, 1.165) is 34.7 Å². The second-order valence-electron chi connectivity index (χ2n) is 16.1. The van der Waals surface area contributed by atoms with Crippen molar-refractivity contribution in [1.82, 2.24) is 9.44 Å². The van der Waals surface area contributed by atoms with Gasteiger partial charge in [0.1, 0.15) is 34.8 Å². The average Bonchev–Trinajstić information content (AvgIpc) is 3.81. The lowest BCUT2D eigenvalue weighted by Gasteiger charge is -2.20. The van der Waals surface area contributed by atoms with Crippen molar-refractivity contribution in [3.05, 3.63) is 179 Å². The highest BCUT2D eigenvalue weighted by Gasteiger charge is 2.30. The van der Waals surface area contributed by atoms with Gasteiger partial charge in [-0.3, -0.25) is 0 Å². The van der Waals surface area contributed by atoms with Crippen LogP contribution in [0.2, 0.25) is 0 Å². The largest absolute Gasteiger partial charge is 0.490 e. The first-order valence-electron chi connectivity index (χ1n) is 22.3. The number of benzene rings is 6. The van der Waals surface area contributed by atoms with Crippen LogP contribution in [0.1, 0.15) is 58.7 Å². The second-order valence-corrected chi connectivity index (χ2v) is 19.6. The molecule has 0 bridgehead atoms. The molecule has 0 saturated carbocycles. The summed E-state index contributed by atoms with van der Waals surface area (Å²) in [5.74, 6) is 2.79. The van der Waals surface area contributed by atoms with E-state index in [1.165, 1.54) is 24.3 Å². The molecule has 10 rings (SSSR count). The highest BCUT2D eigenvalue weighted by Crippen LogP contribution is 2.37. The smallest absolute Gasteiger partial charge is 0.241 e. The van der Waals surface area contributed by atoms with Gasteiger partial charge in [-0.05, 0) is 83.6 Å². The normalized spacial score (nSPS) is 14.6. The molecular formula is C52H50N2O12S2. The number of sulfonamides is 2. The van der Waals surface area contributed by atoms with Crippen LogP contribution >= 0.6 is 0 Å². The van der Waals surface area contributed by atoms with Crippen LogP contribution in [0.3, 0.4) is 0 Å². The molecule has 16 heteroatoms. The van der Waals surface area contributed by atoms with Crippen LogP contribution in [0.5, 0.6) is 23.0 Å². The molecule has 0 amide bonds. The van der Waals surface area contributed by atoms with Gasteiger partial charge >= 0.3 is 0 Å². The molecule has 0 spiro atoms. The molecule has 0 unspecified atom stereocenters. The number of nitrogens with one attached hydrogen (secondary N) is 2. The molecular weight excluding hydrogens is 909 g/mol. The summed E-state index contributed by atoms with van der Waals surface area (Å²) >= 11 is 0. The third-order valence-corrected chi connectivity index (χ3v) is 14.4. The van der Waals surface area contributed by atoms with Crippen LogP contribution in [0.4, 0.5) is 0 Å². The van der Waals surface area contributed by atoms with Crippen LogP contribution < -0.4 is 28.4 Å². The lowest BCUT2D eigenvalue weighted by molar-refractivity contribution is 0.296. The van der Waals surface area contributed by atoms with Crippen molar-refractivity contribution in [1.29, 1.82) is 0 Å². The molecule has 6 aromatic carbocycles. The zero-order valence-corrected chi connectivity index (χ0v) is 38.5. The van der Waals surface area contributed by atoms with Gasteiger partial charge in [0.15, 0.2) is 23.0 Å². The van der Waals surface area contributed by atoms with Crippen LogP contribution in [0.25, 0.3) is 21.9 Å². The number of ether oxygens (including phenoxy) is 4. The molecule has 8 aromatic rings. The highest BCUT2D eigenvalue weighted by atomic mass is 32.2. The summed E-state index contributed by atoms with van der Waals surface area (Å²) in [6.45, 7) is 1.85. The molecule has 4 N–H and O–H groups in total. The molecule has 2 aliphatic heterocycles. The van der Waals surface area contributed by atoms with Crippen molar-refractivity contribution in [2.24, 2.45) is 0 Å². The molecule has 68 heavy (non-hydrogen) atoms. The first-order valence-corrected chi connectivity index (χ1v) is 25.2. The molecule has 2 aliphatic rings. The molecule has 0 fully saturated rings. The molecule has 0 radical (unpaired) electrons. The minimum Gasteiger partial charge on any atom is -0.490 e. The third-order valence-electron chi connectivity index (χ3n) is 11.6. The molecule has 2 aromatic heterocycles. The number of aliphatic hydroxyl groups is 2. The summed E-state index contributed by atoms with van der Waals surface area (Å²) in [4.78, 5) is 0.134. The molecule has 0 aliphatic carbocycles. The number of aliphatic hydroxyl groups excluding tert-OH is 2. The number of para-hydroxylation sites is 2. The quantitative estimate of drug-likeness (QED) is 0.0814. The van der Waals surface area contributed by atoms with Crippen molar-refractivity contribution in [3.63, 3.8) is 0 Å². The van der Waals surface area contributed by atoms with E-state index < -0.39 is 32.1 Å². The number of rotatable bonds is 14. The van der Waals surface area contributed by atoms with E-state index in [9.17, 15) is 27.0 Å². The summed E-state index contributed by atoms with van der Waals surface area (Å²) in [5.41, 5.74) is 4.42. The van der Waals surface area contributed by atoms with Gasteiger partial charge in [0.2, 0.25) is 20.0 Å². The zero-order chi connectivity index (χ0) is 47.1. The second kappa shape index (κ2) is 20.7. The average molecular weight is 959 g/mol. The van der Waals surface area contributed by atoms with Gasteiger partial charge in [0.05, 0.1) is 36.2 Å². The molecule has 4 heterocycles. The Balaban J connectivity index is 0.000000170. The van der Waals surface area contributed by atoms with E-state index >= 15 is 0 Å². The van der Waals surface area contributed by atoms with Gasteiger partial charge in [-0.2, -0.15) is 9.44 Å². The minimum atomic E-state index is -3.98. The molecule has 14 nitrogen and oxygen atoms in total. The first-order chi connectivity index (χ1) is 33.1. The van der Waals surface area contributed by atoms with Crippen LogP contribution in [-0.4, -0.2) is 66.7 Å². The fraction of sp³-hybridized carbons (Fsp3) is 0.231. The zero-order valence-electron chi connectivity index (χ0n) is 36.9. The van der Waals surface area contributed by atoms with Crippen LogP contribution in [0, 0.1) is 0 Å². The van der Waals surface area contributed by atoms with E-state index in [4.69, 9.17) is 27.8 Å². The maximum absolute atomic E-state index is 13.5. The van der Waals surface area contributed by atoms with Gasteiger partial charge in [0, 0.05) is 49.0 Å². The van der Waals surface area contributed by atoms with Crippen molar-refractivity contribution in [2.45, 2.75) is 47.6 Å². The van der Waals surface area contributed by atoms with Crippen molar-refractivity contribution in [2.75, 3.05) is 39.6 Å². The van der Waals surface area contributed by atoms with Crippen LogP contribution in [-0.2, 0) is 32.9 Å². The Labute approximate surface area is 394 Å². The Hall–Kier alpha value is -6.66. The monoisotopic (exact) mass is 958 g/mol. The summed E-state index contributed by atoms with van der Waals surface area (Å²) < 4.78 is 94.6. The third kappa shape index (κ3) is 10.4. The number of furan rings is 2. The van der Waals surface area contributed by atoms with E-state index in [1.54, 1.807) is 12.1 Å². The lowest BCUT2D eigenvalue weighted by atomic mass is 9.97. The fourth-order valence-corrected chi connectivity index (χ4v) is 10.6. The fourth-order valence-electron chi connectivity index (χ4n) is 8.23. The maximum atomic E-state index is 13.5. The first kappa shape index (κ1) is 46.5. The van der Waals surface area contributed by atoms with Crippen LogP contribution in [0.15, 0.2) is 164 Å². The SMILES string of the molecule is O=S(=O)(N[C@@H](c1cc2ccccc2o1)c1ccccc1CCO)c1ccc2c(c1)OCCCO2.O=S(=O)(N[C@H](c1cc2ccccc2o1)c1ccccc1CCO)c1ccc2c(c1)OCCCO2. The standard InChI is InChI=1S/2C26H25NO6S/c2*28-13-12-18-6-1-3-8-21(18)26(25-16-19-7-2-4-9-22(19)33-25)27-34(29,30)20-10-11-23-24(17-20)32-15-5-14-31-23/h2*1-4,6-11,16-17,26-28H,5,12-15H2/t2*26-/m10/s1. The van der Waals surface area contributed by atoms with Crippen molar-refractivity contribution < 1.29 is 54.8 Å². The topological polar surface area (TPSA) is 196 Å². The van der Waals surface area contributed by atoms with E-state index in [-0.39, 0.29) is 23.0 Å². The molecule has 352 valence electrons. The number of hydrogen-bond acceptors (Lipinski definition) is 12. The summed E-state index contributed by atoms with van der Waals surface area (Å²) in [7, 11) is -7.96. The molecule has 2 atom stereocenters. The summed E-state index contributed by atoms with van der Waals surface area (Å²) in [6.07, 6.45) is 2.23. The summed E-state index contributed by atoms with van der Waals surface area (Å²) in [6, 6.07) is 41.2. The Morgan fingerprint density at radius 2 is 0.838 bits per heavy atom. The summed E-state index contributed by atoms with van der Waals surface area (Å²) in [5, 5.41) is 20.9. The lowest BCUT2D eigenvalue weighted by Crippen LogP contribution is -2.30. The van der Waals surface area contributed by atoms with Gasteiger partial charge in [0.25, 0.3) is 0 Å². The Morgan fingerprint density at radius 3 is 1.25 bits per heavy atom. The van der Waals surface area contributed by atoms with E-state index in [0.29, 0.717) is 96.1 Å². The van der Waals surface area contributed by atoms with E-state index in [1.807, 2.05) is 109 Å². The molecule has 0 saturated heterocycles. The van der Waals surface area contributed by atoms with Gasteiger partial charge in [-0.15, -0.1) is 0 Å². The van der Waals surface area contributed by atoms with Crippen molar-refractivity contribution in [3.8, 4) is 23.0 Å². The Kier molecular flexibility index (Phi) is 14.1. The predicted octanol–water partition coefficient (Wildman–Crippen LogP) is 8.39. The van der Waals surface area contributed by atoms with Crippen molar-refractivity contribution >= 4 is 42.0 Å². The minimum absolute atomic E-state index is 0.0568. The number of hydrogen-bond donors (Lipinski definition) is 4. The van der Waals surface area contributed by atoms with E-state index in [2.05, 4.69) is 9.44 Å². The van der Waals surface area contributed by atoms with Gasteiger partial charge in [-0.25, -0.2) is 16.8 Å². The Bertz CT molecular complexity index is 2970. The Morgan fingerprint density at radius 1 is 0.456 bits per heavy atom. The van der Waals surface area contributed by atoms with Gasteiger partial charge < -0.3 is 38.0 Å². The van der Waals surface area contributed by atoms with Gasteiger partial charge in [-0.1, -0.05) is 84.9 Å². The predicted molar refractivity (Wildman–Crippen MR) is 255 cm³/mol. The highest BCUT2D eigenvalue weighted by molar-refractivity contribution is 7.89. The maximum Gasteiger partial charge on any atom is 0.241 e.